The van der Waals surface area contributed by atoms with Gasteiger partial charge in [-0.3, -0.25) is 0 Å². The lowest BCUT2D eigenvalue weighted by Crippen LogP contribution is -1.96. The molecule has 0 aliphatic heterocycles. The zero-order chi connectivity index (χ0) is 16.7. The van der Waals surface area contributed by atoms with E-state index < -0.39 is 11.2 Å². The largest absolute Gasteiger partial charge is 0.612 e. The van der Waals surface area contributed by atoms with Crippen molar-refractivity contribution in [2.45, 2.75) is 11.8 Å². The molecule has 0 saturated carbocycles. The van der Waals surface area contributed by atoms with E-state index in [2.05, 4.69) is 10.2 Å². The maximum atomic E-state index is 11.5. The van der Waals surface area contributed by atoms with Crippen LogP contribution in [0.4, 0.5) is 0 Å². The Morgan fingerprint density at radius 3 is 2.42 bits per heavy atom. The van der Waals surface area contributed by atoms with Crippen molar-refractivity contribution in [3.05, 3.63) is 54.6 Å². The first-order chi connectivity index (χ1) is 11.6. The van der Waals surface area contributed by atoms with Crippen molar-refractivity contribution in [2.75, 3.05) is 6.26 Å². The standard InChI is InChI=1S/C18H14N2O3S/c1-11-19-20-18(23-11)13-5-8-17-15(9-13)16(10-22-17)12-3-6-14(7-4-12)24(2)21/h3-10H,1-2H3. The van der Waals surface area contributed by atoms with Crippen LogP contribution in [0.2, 0.25) is 0 Å². The third kappa shape index (κ3) is 2.60. The lowest BCUT2D eigenvalue weighted by molar-refractivity contribution is 0.533. The van der Waals surface area contributed by atoms with E-state index in [4.69, 9.17) is 8.83 Å². The van der Waals surface area contributed by atoms with Gasteiger partial charge in [0, 0.05) is 23.4 Å². The molecule has 0 spiro atoms. The molecule has 0 amide bonds. The minimum Gasteiger partial charge on any atom is -0.612 e. The number of hydrogen-bond acceptors (Lipinski definition) is 5. The van der Waals surface area contributed by atoms with Crippen molar-refractivity contribution in [3.8, 4) is 22.6 Å². The number of nitrogens with zero attached hydrogens (tertiary/aromatic N) is 2. The lowest BCUT2D eigenvalue weighted by Gasteiger charge is -2.05. The Labute approximate surface area is 141 Å². The summed E-state index contributed by atoms with van der Waals surface area (Å²) in [6, 6.07) is 13.4. The van der Waals surface area contributed by atoms with Crippen molar-refractivity contribution in [1.82, 2.24) is 10.2 Å². The Morgan fingerprint density at radius 1 is 1.00 bits per heavy atom. The quantitative estimate of drug-likeness (QED) is 0.523. The van der Waals surface area contributed by atoms with Crippen molar-refractivity contribution < 1.29 is 13.4 Å². The summed E-state index contributed by atoms with van der Waals surface area (Å²) in [7, 11) is 0. The van der Waals surface area contributed by atoms with E-state index in [1.165, 1.54) is 0 Å². The van der Waals surface area contributed by atoms with Crippen LogP contribution in [-0.2, 0) is 11.2 Å². The van der Waals surface area contributed by atoms with E-state index in [0.29, 0.717) is 11.8 Å². The summed E-state index contributed by atoms with van der Waals surface area (Å²) < 4.78 is 22.7. The molecule has 0 fully saturated rings. The fraction of sp³-hybridized carbons (Fsp3) is 0.111. The highest BCUT2D eigenvalue weighted by molar-refractivity contribution is 7.90. The first kappa shape index (κ1) is 15.0. The van der Waals surface area contributed by atoms with Crippen LogP contribution in [0.3, 0.4) is 0 Å². The van der Waals surface area contributed by atoms with Gasteiger partial charge in [0.15, 0.2) is 4.90 Å². The summed E-state index contributed by atoms with van der Waals surface area (Å²) in [5.74, 6) is 1.01. The van der Waals surface area contributed by atoms with Crippen LogP contribution in [0.25, 0.3) is 33.6 Å². The fourth-order valence-corrected chi connectivity index (χ4v) is 3.14. The van der Waals surface area contributed by atoms with Crippen molar-refractivity contribution in [1.29, 1.82) is 0 Å². The Balaban J connectivity index is 1.81. The second kappa shape index (κ2) is 5.81. The van der Waals surface area contributed by atoms with Gasteiger partial charge < -0.3 is 13.4 Å². The van der Waals surface area contributed by atoms with Crippen LogP contribution >= 0.6 is 0 Å². The minimum atomic E-state index is -0.988. The second-order valence-corrected chi connectivity index (χ2v) is 6.84. The molecule has 2 aromatic carbocycles. The number of aromatic nitrogens is 2. The van der Waals surface area contributed by atoms with Gasteiger partial charge in [-0.25, -0.2) is 0 Å². The second-order valence-electron chi connectivity index (χ2n) is 5.47. The lowest BCUT2D eigenvalue weighted by atomic mass is 10.0. The summed E-state index contributed by atoms with van der Waals surface area (Å²) in [6.07, 6.45) is 3.40. The normalized spacial score (nSPS) is 12.6. The molecule has 120 valence electrons. The van der Waals surface area contributed by atoms with Crippen LogP contribution in [0, 0.1) is 6.92 Å². The monoisotopic (exact) mass is 338 g/mol. The van der Waals surface area contributed by atoms with Crippen LogP contribution in [-0.4, -0.2) is 21.0 Å². The van der Waals surface area contributed by atoms with E-state index >= 15 is 0 Å². The summed E-state index contributed by atoms with van der Waals surface area (Å²) in [6.45, 7) is 1.76. The molecule has 2 aromatic heterocycles. The number of benzene rings is 2. The molecule has 0 bridgehead atoms. The highest BCUT2D eigenvalue weighted by atomic mass is 32.2. The summed E-state index contributed by atoms with van der Waals surface area (Å²) >= 11 is -0.988. The Kier molecular flexibility index (Phi) is 3.63. The molecule has 1 atom stereocenters. The van der Waals surface area contributed by atoms with Gasteiger partial charge in [0.2, 0.25) is 11.8 Å². The summed E-state index contributed by atoms with van der Waals surface area (Å²) in [4.78, 5) is 0.800. The van der Waals surface area contributed by atoms with Crippen LogP contribution in [0.5, 0.6) is 0 Å². The third-order valence-corrected chi connectivity index (χ3v) is 4.78. The number of hydrogen-bond donors (Lipinski definition) is 0. The van der Waals surface area contributed by atoms with E-state index in [9.17, 15) is 4.55 Å². The van der Waals surface area contributed by atoms with Crippen molar-refractivity contribution in [2.24, 2.45) is 0 Å². The molecule has 24 heavy (non-hydrogen) atoms. The highest BCUT2D eigenvalue weighted by Crippen LogP contribution is 2.33. The van der Waals surface area contributed by atoms with Gasteiger partial charge in [-0.15, -0.1) is 10.2 Å². The van der Waals surface area contributed by atoms with E-state index in [1.807, 2.05) is 42.5 Å². The molecule has 6 heteroatoms. The van der Waals surface area contributed by atoms with E-state index in [0.717, 1.165) is 32.6 Å². The zero-order valence-corrected chi connectivity index (χ0v) is 14.0. The molecule has 5 nitrogen and oxygen atoms in total. The first-order valence-electron chi connectivity index (χ1n) is 7.37. The molecule has 0 N–H and O–H groups in total. The topological polar surface area (TPSA) is 75.1 Å². The average molecular weight is 338 g/mol. The molecule has 0 aliphatic rings. The maximum absolute atomic E-state index is 11.5. The summed E-state index contributed by atoms with van der Waals surface area (Å²) in [5.41, 5.74) is 3.60. The maximum Gasteiger partial charge on any atom is 0.247 e. The molecule has 0 radical (unpaired) electrons. The number of aryl methyl sites for hydroxylation is 1. The Hall–Kier alpha value is -2.57. The minimum absolute atomic E-state index is 0.485. The predicted octanol–water partition coefficient (Wildman–Crippen LogP) is 4.20. The summed E-state index contributed by atoms with van der Waals surface area (Å²) in [5, 5.41) is 8.89. The predicted molar refractivity (Wildman–Crippen MR) is 92.0 cm³/mol. The first-order valence-corrected chi connectivity index (χ1v) is 8.93. The van der Waals surface area contributed by atoms with Gasteiger partial charge in [-0.2, -0.15) is 0 Å². The van der Waals surface area contributed by atoms with Gasteiger partial charge in [0.1, 0.15) is 11.8 Å². The highest BCUT2D eigenvalue weighted by Gasteiger charge is 2.13. The van der Waals surface area contributed by atoms with Crippen LogP contribution < -0.4 is 0 Å². The molecule has 0 aliphatic carbocycles. The fourth-order valence-electron chi connectivity index (χ4n) is 2.63. The van der Waals surface area contributed by atoms with Gasteiger partial charge in [0.05, 0.1) is 6.26 Å². The smallest absolute Gasteiger partial charge is 0.247 e. The Bertz CT molecular complexity index is 1000. The third-order valence-electron chi connectivity index (χ3n) is 3.84. The molecular weight excluding hydrogens is 324 g/mol. The van der Waals surface area contributed by atoms with Crippen molar-refractivity contribution in [3.63, 3.8) is 0 Å². The molecule has 4 rings (SSSR count). The number of furan rings is 1. The van der Waals surface area contributed by atoms with E-state index in [1.54, 1.807) is 19.4 Å². The molecular formula is C18H14N2O3S. The Morgan fingerprint density at radius 2 is 1.75 bits per heavy atom. The van der Waals surface area contributed by atoms with Gasteiger partial charge in [-0.1, -0.05) is 0 Å². The van der Waals surface area contributed by atoms with Gasteiger partial charge >= 0.3 is 0 Å². The molecule has 1 unspecified atom stereocenters. The number of fused-ring (bicyclic) bond motifs is 1. The van der Waals surface area contributed by atoms with Gasteiger partial charge in [-0.05, 0) is 59.2 Å². The van der Waals surface area contributed by atoms with Crippen molar-refractivity contribution >= 4 is 22.1 Å². The van der Waals surface area contributed by atoms with E-state index in [-0.39, 0.29) is 0 Å². The molecule has 0 saturated heterocycles. The molecule has 2 heterocycles. The zero-order valence-electron chi connectivity index (χ0n) is 13.1. The van der Waals surface area contributed by atoms with Crippen LogP contribution in [0.1, 0.15) is 5.89 Å². The van der Waals surface area contributed by atoms with Crippen LogP contribution in [0.15, 0.2) is 62.5 Å². The SMILES string of the molecule is Cc1nnc(-c2ccc3occ(-c4ccc([S+](C)[O-])cc4)c3c2)o1. The average Bonchev–Trinajstić information content (AvgIpc) is 3.20. The van der Waals surface area contributed by atoms with Gasteiger partial charge in [0.25, 0.3) is 0 Å². The number of rotatable bonds is 3. The molecule has 4 aromatic rings.